The first kappa shape index (κ1) is 31.8. The predicted octanol–water partition coefficient (Wildman–Crippen LogP) is 4.74. The van der Waals surface area contributed by atoms with Crippen LogP contribution in [0.2, 0.25) is 5.02 Å². The summed E-state index contributed by atoms with van der Waals surface area (Å²) in [6.07, 6.45) is 0. The molecule has 41 heavy (non-hydrogen) atoms. The highest BCUT2D eigenvalue weighted by Gasteiger charge is 2.33. The number of para-hydroxylation sites is 1. The third-order valence-corrected chi connectivity index (χ3v) is 8.41. The average molecular weight is 602 g/mol. The summed E-state index contributed by atoms with van der Waals surface area (Å²) < 4.78 is 39.6. The molecule has 0 unspecified atom stereocenters. The highest BCUT2D eigenvalue weighted by molar-refractivity contribution is 7.92. The van der Waals surface area contributed by atoms with Crippen molar-refractivity contribution >= 4 is 39.1 Å². The highest BCUT2D eigenvalue weighted by atomic mass is 35.5. The topological polar surface area (TPSA) is 105 Å². The van der Waals surface area contributed by atoms with Gasteiger partial charge in [0.1, 0.15) is 12.6 Å². The molecule has 0 bridgehead atoms. The van der Waals surface area contributed by atoms with E-state index in [1.54, 1.807) is 61.5 Å². The zero-order valence-electron chi connectivity index (χ0n) is 23.8. The van der Waals surface area contributed by atoms with E-state index in [4.69, 9.17) is 21.1 Å². The number of anilines is 1. The van der Waals surface area contributed by atoms with Crippen molar-refractivity contribution in [3.05, 3.63) is 83.4 Å². The number of rotatable bonds is 13. The number of carbonyl (C=O) groups is 2. The van der Waals surface area contributed by atoms with Crippen LogP contribution in [0.15, 0.2) is 77.7 Å². The monoisotopic (exact) mass is 601 g/mol. The van der Waals surface area contributed by atoms with Crippen molar-refractivity contribution < 1.29 is 27.5 Å². The highest BCUT2D eigenvalue weighted by Crippen LogP contribution is 2.32. The zero-order valence-corrected chi connectivity index (χ0v) is 25.4. The summed E-state index contributed by atoms with van der Waals surface area (Å²) in [4.78, 5) is 28.3. The van der Waals surface area contributed by atoms with Gasteiger partial charge in [0.05, 0.1) is 24.8 Å². The summed E-state index contributed by atoms with van der Waals surface area (Å²) in [6, 6.07) is 18.6. The number of nitrogens with zero attached hydrogens (tertiary/aromatic N) is 2. The molecular weight excluding hydrogens is 566 g/mol. The van der Waals surface area contributed by atoms with Crippen LogP contribution >= 0.6 is 11.6 Å². The van der Waals surface area contributed by atoms with E-state index < -0.39 is 28.5 Å². The Balaban J connectivity index is 2.02. The van der Waals surface area contributed by atoms with Gasteiger partial charge in [-0.1, -0.05) is 55.8 Å². The number of ether oxygens (including phenoxy) is 2. The van der Waals surface area contributed by atoms with E-state index in [0.717, 1.165) is 9.87 Å². The van der Waals surface area contributed by atoms with Crippen molar-refractivity contribution in [1.82, 2.24) is 10.2 Å². The molecule has 3 aromatic rings. The first-order valence-corrected chi connectivity index (χ1v) is 14.9. The maximum atomic E-state index is 14.0. The second-order valence-corrected chi connectivity index (χ2v) is 12.1. The van der Waals surface area contributed by atoms with Crippen molar-refractivity contribution in [2.45, 2.75) is 38.3 Å². The maximum Gasteiger partial charge on any atom is 0.264 e. The average Bonchev–Trinajstić information content (AvgIpc) is 2.97. The molecule has 0 aliphatic heterocycles. The second kappa shape index (κ2) is 14.2. The largest absolute Gasteiger partial charge is 0.493 e. The van der Waals surface area contributed by atoms with Crippen molar-refractivity contribution in [1.29, 1.82) is 0 Å². The predicted molar refractivity (Wildman–Crippen MR) is 160 cm³/mol. The first-order chi connectivity index (χ1) is 19.5. The van der Waals surface area contributed by atoms with Crippen molar-refractivity contribution in [2.75, 3.05) is 31.6 Å². The van der Waals surface area contributed by atoms with Crippen LogP contribution < -0.4 is 19.1 Å². The summed E-state index contributed by atoms with van der Waals surface area (Å²) in [6.45, 7) is 5.53. The molecule has 0 heterocycles. The molecule has 0 aliphatic rings. The molecule has 11 heteroatoms. The van der Waals surface area contributed by atoms with Crippen LogP contribution in [0.4, 0.5) is 5.69 Å². The number of hydrogen-bond donors (Lipinski definition) is 1. The lowest BCUT2D eigenvalue weighted by Crippen LogP contribution is -2.51. The van der Waals surface area contributed by atoms with Crippen LogP contribution in [0.5, 0.6) is 11.5 Å². The van der Waals surface area contributed by atoms with E-state index in [1.165, 1.54) is 37.3 Å². The van der Waals surface area contributed by atoms with Gasteiger partial charge in [0.2, 0.25) is 11.8 Å². The van der Waals surface area contributed by atoms with Gasteiger partial charge in [-0.05, 0) is 54.8 Å². The summed E-state index contributed by atoms with van der Waals surface area (Å²) in [5, 5.41) is 3.40. The molecular formula is C30H36ClN3O6S. The molecule has 0 radical (unpaired) electrons. The van der Waals surface area contributed by atoms with Crippen LogP contribution in [-0.2, 0) is 26.2 Å². The number of carbonyl (C=O) groups excluding carboxylic acids is 2. The summed E-state index contributed by atoms with van der Waals surface area (Å²) in [5.74, 6) is -0.0845. The lowest BCUT2D eigenvalue weighted by molar-refractivity contribution is -0.139. The van der Waals surface area contributed by atoms with Crippen molar-refractivity contribution in [3.63, 3.8) is 0 Å². The molecule has 0 aliphatic carbocycles. The van der Waals surface area contributed by atoms with E-state index in [2.05, 4.69) is 5.32 Å². The normalized spacial score (nSPS) is 12.0. The molecule has 2 amide bonds. The minimum absolute atomic E-state index is 0.0747. The van der Waals surface area contributed by atoms with E-state index in [-0.39, 0.29) is 29.0 Å². The Hall–Kier alpha value is -3.76. The lowest BCUT2D eigenvalue weighted by atomic mass is 10.1. The SMILES string of the molecule is COc1ccc(S(=O)(=O)N(CC(=O)N(Cc2ccc(Cl)cc2)[C@H](C)C(=O)NCC(C)C)c2ccccc2)cc1OC. The molecule has 1 atom stereocenters. The molecule has 0 saturated heterocycles. The van der Waals surface area contributed by atoms with Gasteiger partial charge >= 0.3 is 0 Å². The number of amides is 2. The fourth-order valence-electron chi connectivity index (χ4n) is 4.05. The Bertz CT molecular complexity index is 1430. The molecule has 0 fully saturated rings. The number of halogens is 1. The van der Waals surface area contributed by atoms with Gasteiger partial charge < -0.3 is 19.7 Å². The van der Waals surface area contributed by atoms with Gasteiger partial charge in [-0.15, -0.1) is 0 Å². The lowest BCUT2D eigenvalue weighted by Gasteiger charge is -2.32. The summed E-state index contributed by atoms with van der Waals surface area (Å²) in [7, 11) is -1.39. The van der Waals surface area contributed by atoms with Gasteiger partial charge in [-0.3, -0.25) is 13.9 Å². The van der Waals surface area contributed by atoms with Gasteiger partial charge in [0.15, 0.2) is 11.5 Å². The minimum atomic E-state index is -4.25. The van der Waals surface area contributed by atoms with Crippen LogP contribution in [0.1, 0.15) is 26.3 Å². The number of nitrogens with one attached hydrogen (secondary N) is 1. The van der Waals surface area contributed by atoms with E-state index in [9.17, 15) is 18.0 Å². The fraction of sp³-hybridized carbons (Fsp3) is 0.333. The Kier molecular flexibility index (Phi) is 11.0. The molecule has 9 nitrogen and oxygen atoms in total. The third kappa shape index (κ3) is 8.14. The standard InChI is InChI=1S/C30H36ClN3O6S/c1-21(2)18-32-30(36)22(3)33(19-23-11-13-24(31)14-12-23)29(35)20-34(25-9-7-6-8-10-25)41(37,38)26-15-16-27(39-4)28(17-26)40-5/h6-17,21-22H,18-20H2,1-5H3,(H,32,36)/t22-/m1/s1. The Morgan fingerprint density at radius 3 is 2.12 bits per heavy atom. The summed E-state index contributed by atoms with van der Waals surface area (Å²) in [5.41, 5.74) is 1.03. The molecule has 0 aromatic heterocycles. The molecule has 1 N–H and O–H groups in total. The van der Waals surface area contributed by atoms with Crippen LogP contribution in [0, 0.1) is 5.92 Å². The minimum Gasteiger partial charge on any atom is -0.493 e. The number of sulfonamides is 1. The Morgan fingerprint density at radius 1 is 0.902 bits per heavy atom. The maximum absolute atomic E-state index is 14.0. The van der Waals surface area contributed by atoms with Crippen LogP contribution in [-0.4, -0.2) is 58.5 Å². The second-order valence-electron chi connectivity index (χ2n) is 9.83. The van der Waals surface area contributed by atoms with E-state index >= 15 is 0 Å². The number of hydrogen-bond acceptors (Lipinski definition) is 6. The van der Waals surface area contributed by atoms with Crippen LogP contribution in [0.25, 0.3) is 0 Å². The third-order valence-electron chi connectivity index (χ3n) is 6.38. The van der Waals surface area contributed by atoms with Crippen LogP contribution in [0.3, 0.4) is 0 Å². The quantitative estimate of drug-likeness (QED) is 0.303. The molecule has 0 spiro atoms. The van der Waals surface area contributed by atoms with Crippen molar-refractivity contribution in [3.8, 4) is 11.5 Å². The molecule has 3 rings (SSSR count). The Labute approximate surface area is 247 Å². The van der Waals surface area contributed by atoms with Gasteiger partial charge in [0, 0.05) is 24.2 Å². The Morgan fingerprint density at radius 2 is 1.54 bits per heavy atom. The van der Waals surface area contributed by atoms with Gasteiger partial charge in [-0.25, -0.2) is 8.42 Å². The molecule has 220 valence electrons. The van der Waals surface area contributed by atoms with Gasteiger partial charge in [0.25, 0.3) is 10.0 Å². The zero-order chi connectivity index (χ0) is 30.2. The summed E-state index contributed by atoms with van der Waals surface area (Å²) >= 11 is 6.05. The molecule has 3 aromatic carbocycles. The smallest absolute Gasteiger partial charge is 0.264 e. The van der Waals surface area contributed by atoms with E-state index in [0.29, 0.717) is 23.0 Å². The molecule has 0 saturated carbocycles. The van der Waals surface area contributed by atoms with Crippen molar-refractivity contribution in [2.24, 2.45) is 5.92 Å². The van der Waals surface area contributed by atoms with E-state index in [1.807, 2.05) is 13.8 Å². The first-order valence-electron chi connectivity index (χ1n) is 13.1. The van der Waals surface area contributed by atoms with Gasteiger partial charge in [-0.2, -0.15) is 0 Å². The number of benzene rings is 3. The fourth-order valence-corrected chi connectivity index (χ4v) is 5.60. The number of methoxy groups -OCH3 is 2.